The van der Waals surface area contributed by atoms with Crippen LogP contribution in [0.2, 0.25) is 0 Å². The zero-order valence-electron chi connectivity index (χ0n) is 9.12. The van der Waals surface area contributed by atoms with Crippen LogP contribution in [0.4, 0.5) is 0 Å². The number of hydrogen-bond donors (Lipinski definition) is 1. The van der Waals surface area contributed by atoms with Gasteiger partial charge in [0.25, 0.3) is 0 Å². The standard InChI is InChI=1S/C13H13NO2/c1-10(15)9-12-7-5-11(6-8-12)3-2-4-13(14)16/h5-8H,4,9H2,1H3,(H2,14,16). The molecule has 0 radical (unpaired) electrons. The van der Waals surface area contributed by atoms with E-state index in [1.807, 2.05) is 24.3 Å². The summed E-state index contributed by atoms with van der Waals surface area (Å²) in [7, 11) is 0. The number of amides is 1. The highest BCUT2D eigenvalue weighted by atomic mass is 16.1. The number of nitrogens with two attached hydrogens (primary N) is 1. The fraction of sp³-hybridized carbons (Fsp3) is 0.231. The first-order valence-corrected chi connectivity index (χ1v) is 4.93. The van der Waals surface area contributed by atoms with E-state index in [1.54, 1.807) is 6.92 Å². The lowest BCUT2D eigenvalue weighted by Crippen LogP contribution is -2.08. The molecule has 0 unspecified atom stereocenters. The summed E-state index contributed by atoms with van der Waals surface area (Å²) in [6.45, 7) is 1.56. The second-order valence-corrected chi connectivity index (χ2v) is 3.52. The minimum absolute atomic E-state index is 0.0647. The topological polar surface area (TPSA) is 60.2 Å². The molecule has 0 saturated heterocycles. The van der Waals surface area contributed by atoms with Gasteiger partial charge in [0.1, 0.15) is 5.78 Å². The van der Waals surface area contributed by atoms with E-state index >= 15 is 0 Å². The molecule has 0 bridgehead atoms. The Morgan fingerprint density at radius 1 is 1.25 bits per heavy atom. The van der Waals surface area contributed by atoms with Gasteiger partial charge in [0.2, 0.25) is 5.91 Å². The lowest BCUT2D eigenvalue weighted by atomic mass is 10.1. The minimum atomic E-state index is -0.430. The Kier molecular flexibility index (Phi) is 4.28. The molecule has 0 saturated carbocycles. The average molecular weight is 215 g/mol. The molecule has 82 valence electrons. The molecule has 0 atom stereocenters. The third-order valence-corrected chi connectivity index (χ3v) is 1.90. The number of rotatable bonds is 3. The van der Waals surface area contributed by atoms with Crippen LogP contribution in [-0.2, 0) is 16.0 Å². The monoisotopic (exact) mass is 215 g/mol. The van der Waals surface area contributed by atoms with Gasteiger partial charge in [-0.15, -0.1) is 0 Å². The van der Waals surface area contributed by atoms with Gasteiger partial charge in [-0.05, 0) is 24.6 Å². The van der Waals surface area contributed by atoms with Gasteiger partial charge in [-0.25, -0.2) is 0 Å². The molecule has 2 N–H and O–H groups in total. The molecular weight excluding hydrogens is 202 g/mol. The maximum atomic E-state index is 10.9. The summed E-state index contributed by atoms with van der Waals surface area (Å²) >= 11 is 0. The lowest BCUT2D eigenvalue weighted by molar-refractivity contribution is -0.117. The van der Waals surface area contributed by atoms with E-state index in [2.05, 4.69) is 11.8 Å². The average Bonchev–Trinajstić information content (AvgIpc) is 2.19. The lowest BCUT2D eigenvalue weighted by Gasteiger charge is -1.97. The first kappa shape index (κ1) is 12.0. The van der Waals surface area contributed by atoms with Crippen molar-refractivity contribution in [3.05, 3.63) is 35.4 Å². The molecule has 0 aliphatic heterocycles. The summed E-state index contributed by atoms with van der Waals surface area (Å²) in [5.74, 6) is 5.19. The number of carbonyl (C=O) groups excluding carboxylic acids is 2. The Hall–Kier alpha value is -2.08. The Labute approximate surface area is 94.6 Å². The van der Waals surface area contributed by atoms with Gasteiger partial charge in [0.15, 0.2) is 0 Å². The van der Waals surface area contributed by atoms with Crippen LogP contribution in [0.3, 0.4) is 0 Å². The Morgan fingerprint density at radius 2 is 1.88 bits per heavy atom. The summed E-state index contributed by atoms with van der Waals surface area (Å²) in [6.07, 6.45) is 0.504. The van der Waals surface area contributed by atoms with Crippen LogP contribution < -0.4 is 5.73 Å². The van der Waals surface area contributed by atoms with Gasteiger partial charge in [-0.3, -0.25) is 9.59 Å². The Bertz CT molecular complexity index is 449. The zero-order valence-corrected chi connectivity index (χ0v) is 9.12. The number of benzene rings is 1. The van der Waals surface area contributed by atoms with Crippen molar-refractivity contribution in [1.82, 2.24) is 0 Å². The second kappa shape index (κ2) is 5.72. The zero-order chi connectivity index (χ0) is 12.0. The summed E-state index contributed by atoms with van der Waals surface area (Å²) < 4.78 is 0. The molecule has 3 nitrogen and oxygen atoms in total. The highest BCUT2D eigenvalue weighted by Gasteiger charge is 1.96. The molecule has 1 aromatic carbocycles. The number of ketones is 1. The second-order valence-electron chi connectivity index (χ2n) is 3.52. The van der Waals surface area contributed by atoms with Gasteiger partial charge in [0, 0.05) is 12.0 Å². The third-order valence-electron chi connectivity index (χ3n) is 1.90. The summed E-state index contributed by atoms with van der Waals surface area (Å²) in [5, 5.41) is 0. The van der Waals surface area contributed by atoms with Crippen LogP contribution in [-0.4, -0.2) is 11.7 Å². The predicted octanol–water partition coefficient (Wildman–Crippen LogP) is 1.04. The molecule has 0 aliphatic carbocycles. The quantitative estimate of drug-likeness (QED) is 0.766. The molecule has 0 heterocycles. The number of primary amides is 1. The van der Waals surface area contributed by atoms with E-state index in [-0.39, 0.29) is 12.2 Å². The molecule has 0 spiro atoms. The van der Waals surface area contributed by atoms with E-state index in [1.165, 1.54) is 0 Å². The van der Waals surface area contributed by atoms with E-state index in [0.29, 0.717) is 6.42 Å². The normalized spacial score (nSPS) is 9.06. The maximum absolute atomic E-state index is 10.9. The third kappa shape index (κ3) is 4.43. The van der Waals surface area contributed by atoms with Gasteiger partial charge in [0.05, 0.1) is 6.42 Å². The molecule has 0 aromatic heterocycles. The molecule has 1 rings (SSSR count). The smallest absolute Gasteiger partial charge is 0.229 e. The van der Waals surface area contributed by atoms with Crippen molar-refractivity contribution < 1.29 is 9.59 Å². The Balaban J connectivity index is 2.66. The van der Waals surface area contributed by atoms with Crippen LogP contribution in [0.15, 0.2) is 24.3 Å². The van der Waals surface area contributed by atoms with Gasteiger partial charge < -0.3 is 5.73 Å². The van der Waals surface area contributed by atoms with Gasteiger partial charge >= 0.3 is 0 Å². The fourth-order valence-electron chi connectivity index (χ4n) is 1.23. The summed E-state index contributed by atoms with van der Waals surface area (Å²) in [4.78, 5) is 21.3. The fourth-order valence-corrected chi connectivity index (χ4v) is 1.23. The number of hydrogen-bond acceptors (Lipinski definition) is 2. The molecule has 1 aromatic rings. The number of carbonyl (C=O) groups is 2. The van der Waals surface area contributed by atoms with Gasteiger partial charge in [-0.2, -0.15) is 0 Å². The van der Waals surface area contributed by atoms with E-state index in [0.717, 1.165) is 11.1 Å². The van der Waals surface area contributed by atoms with Crippen molar-refractivity contribution in [2.45, 2.75) is 19.8 Å². The first-order chi connectivity index (χ1) is 7.58. The molecular formula is C13H13NO2. The van der Waals surface area contributed by atoms with Crippen molar-refractivity contribution in [1.29, 1.82) is 0 Å². The molecule has 0 aliphatic rings. The molecule has 3 heteroatoms. The van der Waals surface area contributed by atoms with E-state index in [4.69, 9.17) is 5.73 Å². The predicted molar refractivity (Wildman–Crippen MR) is 61.5 cm³/mol. The van der Waals surface area contributed by atoms with Crippen molar-refractivity contribution in [3.63, 3.8) is 0 Å². The van der Waals surface area contributed by atoms with Crippen LogP contribution in [0.25, 0.3) is 0 Å². The van der Waals surface area contributed by atoms with E-state index < -0.39 is 5.91 Å². The molecule has 1 amide bonds. The highest BCUT2D eigenvalue weighted by molar-refractivity contribution is 5.78. The van der Waals surface area contributed by atoms with Gasteiger partial charge in [-0.1, -0.05) is 24.0 Å². The SMILES string of the molecule is CC(=O)Cc1ccc(C#CCC(N)=O)cc1. The molecule has 0 fully saturated rings. The number of Topliss-reactive ketones (excluding diaryl/α,β-unsaturated/α-hetero) is 1. The summed E-state index contributed by atoms with van der Waals surface area (Å²) in [6, 6.07) is 7.36. The van der Waals surface area contributed by atoms with Crippen LogP contribution in [0.1, 0.15) is 24.5 Å². The van der Waals surface area contributed by atoms with Crippen LogP contribution in [0, 0.1) is 11.8 Å². The van der Waals surface area contributed by atoms with E-state index in [9.17, 15) is 9.59 Å². The molecule has 16 heavy (non-hydrogen) atoms. The van der Waals surface area contributed by atoms with Crippen molar-refractivity contribution in [3.8, 4) is 11.8 Å². The van der Waals surface area contributed by atoms with Crippen molar-refractivity contribution >= 4 is 11.7 Å². The minimum Gasteiger partial charge on any atom is -0.369 e. The first-order valence-electron chi connectivity index (χ1n) is 4.93. The van der Waals surface area contributed by atoms with Crippen molar-refractivity contribution in [2.24, 2.45) is 5.73 Å². The van der Waals surface area contributed by atoms with Crippen LogP contribution in [0.5, 0.6) is 0 Å². The summed E-state index contributed by atoms with van der Waals surface area (Å²) in [5.41, 5.74) is 6.74. The maximum Gasteiger partial charge on any atom is 0.229 e. The van der Waals surface area contributed by atoms with Crippen molar-refractivity contribution in [2.75, 3.05) is 0 Å². The largest absolute Gasteiger partial charge is 0.369 e. The van der Waals surface area contributed by atoms with Crippen LogP contribution >= 0.6 is 0 Å². The highest BCUT2D eigenvalue weighted by Crippen LogP contribution is 2.04. The Morgan fingerprint density at radius 3 is 2.38 bits per heavy atom.